The van der Waals surface area contributed by atoms with E-state index in [1.807, 2.05) is 6.07 Å². The molecule has 29 heavy (non-hydrogen) atoms. The molecule has 1 aliphatic rings. The molecule has 0 radical (unpaired) electrons. The van der Waals surface area contributed by atoms with Gasteiger partial charge >= 0.3 is 0 Å². The summed E-state index contributed by atoms with van der Waals surface area (Å²) in [6.45, 7) is 0. The van der Waals surface area contributed by atoms with E-state index in [0.717, 1.165) is 0 Å². The summed E-state index contributed by atoms with van der Waals surface area (Å²) in [5, 5.41) is 39.2. The molecule has 4 rings (SSSR count). The van der Waals surface area contributed by atoms with Crippen molar-refractivity contribution in [2.75, 3.05) is 0 Å². The normalized spacial score (nSPS) is 15.4. The predicted octanol–water partition coefficient (Wildman–Crippen LogP) is 3.03. The summed E-state index contributed by atoms with van der Waals surface area (Å²) < 4.78 is 5.88. The molecule has 3 aromatic carbocycles. The number of aliphatic imine (C=N–C) groups is 1. The summed E-state index contributed by atoms with van der Waals surface area (Å²) >= 11 is 0. The maximum Gasteiger partial charge on any atom is 0.230 e. The van der Waals surface area contributed by atoms with Crippen LogP contribution in [0, 0.1) is 16.5 Å². The number of quaternary nitrogens is 1. The average Bonchev–Trinajstić information content (AvgIpc) is 2.75. The molecule has 0 aromatic heterocycles. The first-order chi connectivity index (χ1) is 14.1. The maximum atomic E-state index is 11.1. The molecule has 1 aliphatic heterocycles. The van der Waals surface area contributed by atoms with Gasteiger partial charge in [-0.1, -0.05) is 24.3 Å². The van der Waals surface area contributed by atoms with E-state index in [1.165, 1.54) is 18.2 Å². The van der Waals surface area contributed by atoms with Gasteiger partial charge in [0.05, 0.1) is 16.8 Å². The van der Waals surface area contributed by atoms with E-state index >= 15 is 0 Å². The van der Waals surface area contributed by atoms with Crippen molar-refractivity contribution in [2.45, 2.75) is 0 Å². The number of aromatic hydroxyl groups is 1. The maximum absolute atomic E-state index is 11.1. The average molecular weight is 385 g/mol. The predicted molar refractivity (Wildman–Crippen MR) is 106 cm³/mol. The Balaban J connectivity index is 1.92. The summed E-state index contributed by atoms with van der Waals surface area (Å²) in [4.78, 5) is 4.53. The number of benzene rings is 3. The highest BCUT2D eigenvalue weighted by atomic mass is 16.8. The summed E-state index contributed by atoms with van der Waals surface area (Å²) in [5.41, 5.74) is 2.34. The van der Waals surface area contributed by atoms with Gasteiger partial charge in [0.2, 0.25) is 5.90 Å². The van der Waals surface area contributed by atoms with Gasteiger partial charge in [-0.2, -0.15) is 10.5 Å². The van der Waals surface area contributed by atoms with Crippen LogP contribution in [0.4, 0.5) is 5.69 Å². The molecular formula is C22H15N3O4. The van der Waals surface area contributed by atoms with Gasteiger partial charge in [-0.3, -0.25) is 0 Å². The van der Waals surface area contributed by atoms with Gasteiger partial charge in [0, 0.05) is 17.7 Å². The molecule has 7 nitrogen and oxygen atoms in total. The van der Waals surface area contributed by atoms with Gasteiger partial charge in [-0.05, 0) is 42.0 Å². The Bertz CT molecular complexity index is 1180. The number of phenolic OH excluding ortho intramolecular Hbond substituents is 1. The lowest BCUT2D eigenvalue weighted by atomic mass is 9.99. The van der Waals surface area contributed by atoms with Crippen LogP contribution in [0.2, 0.25) is 0 Å². The Morgan fingerprint density at radius 2 is 1.62 bits per heavy atom. The second-order valence-corrected chi connectivity index (χ2v) is 6.25. The first-order valence-corrected chi connectivity index (χ1v) is 8.71. The number of nitrogens with one attached hydrogen (secondary N) is 1. The lowest BCUT2D eigenvalue weighted by Crippen LogP contribution is -2.99. The van der Waals surface area contributed by atoms with Crippen molar-refractivity contribution in [2.24, 2.45) is 4.99 Å². The highest BCUT2D eigenvalue weighted by Crippen LogP contribution is 2.38. The molecule has 0 amide bonds. The van der Waals surface area contributed by atoms with Crippen LogP contribution in [0.15, 0.2) is 77.8 Å². The van der Waals surface area contributed by atoms with Gasteiger partial charge in [-0.15, -0.1) is 0 Å². The van der Waals surface area contributed by atoms with Gasteiger partial charge < -0.3 is 15.1 Å². The van der Waals surface area contributed by atoms with Crippen LogP contribution < -0.4 is 9.96 Å². The highest BCUT2D eigenvalue weighted by molar-refractivity contribution is 6.09. The summed E-state index contributed by atoms with van der Waals surface area (Å²) in [6, 6.07) is 22.0. The van der Waals surface area contributed by atoms with Crippen LogP contribution in [0.25, 0.3) is 11.3 Å². The van der Waals surface area contributed by atoms with E-state index in [1.54, 1.807) is 48.5 Å². The molecule has 0 aliphatic carbocycles. The van der Waals surface area contributed by atoms with E-state index in [-0.39, 0.29) is 22.9 Å². The number of nitriles is 1. The van der Waals surface area contributed by atoms with Crippen molar-refractivity contribution in [3.05, 3.63) is 94.7 Å². The molecule has 0 spiro atoms. The summed E-state index contributed by atoms with van der Waals surface area (Å²) in [7, 11) is 0. The minimum atomic E-state index is -1.04. The van der Waals surface area contributed by atoms with Crippen molar-refractivity contribution in [3.63, 3.8) is 0 Å². The van der Waals surface area contributed by atoms with Gasteiger partial charge in [0.15, 0.2) is 5.69 Å². The Morgan fingerprint density at radius 3 is 2.28 bits per heavy atom. The molecule has 1 unspecified atom stereocenters. The van der Waals surface area contributed by atoms with Crippen LogP contribution >= 0.6 is 0 Å². The van der Waals surface area contributed by atoms with E-state index in [4.69, 9.17) is 9.94 Å². The second-order valence-electron chi connectivity index (χ2n) is 6.25. The van der Waals surface area contributed by atoms with Gasteiger partial charge in [0.1, 0.15) is 17.6 Å². The van der Waals surface area contributed by atoms with Crippen LogP contribution in [-0.4, -0.2) is 16.2 Å². The number of nitrogens with zero attached hydrogens (tertiary/aromatic N) is 2. The van der Waals surface area contributed by atoms with E-state index in [0.29, 0.717) is 28.1 Å². The largest absolute Gasteiger partial charge is 0.595 e. The Hall–Kier alpha value is -3.96. The lowest BCUT2D eigenvalue weighted by Gasteiger charge is -2.20. The number of para-hydroxylation sites is 2. The molecule has 3 aromatic rings. The third-order valence-corrected chi connectivity index (χ3v) is 4.47. The SMILES string of the molecule is N#C/C(=C1/N=C(c2ccccc2O)Oc2ccccc21)c1ccc([NH+]([O-])O)cc1. The Kier molecular flexibility index (Phi) is 4.81. The molecule has 142 valence electrons. The number of phenols is 1. The fourth-order valence-electron chi connectivity index (χ4n) is 3.03. The van der Waals surface area contributed by atoms with E-state index < -0.39 is 5.23 Å². The summed E-state index contributed by atoms with van der Waals surface area (Å²) in [5.74, 6) is 0.687. The number of hydrogen-bond donors (Lipinski definition) is 3. The number of allylic oxidation sites excluding steroid dienone is 1. The van der Waals surface area contributed by atoms with Gasteiger partial charge in [0.25, 0.3) is 0 Å². The second kappa shape index (κ2) is 7.58. The zero-order valence-electron chi connectivity index (χ0n) is 15.0. The third kappa shape index (κ3) is 3.47. The van der Waals surface area contributed by atoms with Crippen LogP contribution in [-0.2, 0) is 0 Å². The fourth-order valence-corrected chi connectivity index (χ4v) is 3.03. The first-order valence-electron chi connectivity index (χ1n) is 8.71. The highest BCUT2D eigenvalue weighted by Gasteiger charge is 2.24. The molecule has 1 heterocycles. The monoisotopic (exact) mass is 385 g/mol. The van der Waals surface area contributed by atoms with Crippen LogP contribution in [0.5, 0.6) is 11.5 Å². The molecule has 0 saturated heterocycles. The molecule has 1 atom stereocenters. The minimum absolute atomic E-state index is 0.00861. The number of hydrogen-bond acceptors (Lipinski definition) is 6. The zero-order chi connectivity index (χ0) is 20.4. The quantitative estimate of drug-likeness (QED) is 0.474. The molecular weight excluding hydrogens is 370 g/mol. The van der Waals surface area contributed by atoms with Crippen LogP contribution in [0.1, 0.15) is 16.7 Å². The molecule has 0 fully saturated rings. The molecule has 3 N–H and O–H groups in total. The first kappa shape index (κ1) is 18.4. The minimum Gasteiger partial charge on any atom is -0.595 e. The topological polar surface area (TPSA) is 113 Å². The fraction of sp³-hybridized carbons (Fsp3) is 0. The van der Waals surface area contributed by atoms with Crippen molar-refractivity contribution < 1.29 is 20.3 Å². The van der Waals surface area contributed by atoms with Gasteiger partial charge in [-0.25, -0.2) is 10.2 Å². The smallest absolute Gasteiger partial charge is 0.230 e. The van der Waals surface area contributed by atoms with Crippen LogP contribution in [0.3, 0.4) is 0 Å². The number of rotatable bonds is 3. The van der Waals surface area contributed by atoms with E-state index in [9.17, 15) is 15.6 Å². The zero-order valence-corrected chi connectivity index (χ0v) is 15.0. The Labute approximate surface area is 166 Å². The van der Waals surface area contributed by atoms with Crippen molar-refractivity contribution in [1.29, 1.82) is 5.26 Å². The standard InChI is InChI=1S/C22H15N3O4/c23-13-18(14-9-11-15(12-10-14)25(27)28)21-17-6-2-4-8-20(17)29-22(24-21)16-5-1-3-7-19(16)26/h1-12,25-27H/b21-18-. The van der Waals surface area contributed by atoms with Crippen molar-refractivity contribution in [1.82, 2.24) is 0 Å². The van der Waals surface area contributed by atoms with Crippen molar-refractivity contribution in [3.8, 4) is 17.6 Å². The molecule has 0 saturated carbocycles. The van der Waals surface area contributed by atoms with E-state index in [2.05, 4.69) is 11.1 Å². The molecule has 7 heteroatoms. The number of ether oxygens (including phenoxy) is 1. The molecule has 0 bridgehead atoms. The third-order valence-electron chi connectivity index (χ3n) is 4.47. The Morgan fingerprint density at radius 1 is 0.966 bits per heavy atom. The van der Waals surface area contributed by atoms with Crippen molar-refractivity contribution >= 4 is 22.9 Å². The number of fused-ring (bicyclic) bond motifs is 1. The lowest BCUT2D eigenvalue weighted by molar-refractivity contribution is -0.991. The summed E-state index contributed by atoms with van der Waals surface area (Å²) in [6.07, 6.45) is 0.